The Labute approximate surface area is 627 Å². The highest BCUT2D eigenvalue weighted by atomic mass is 16.6. The highest BCUT2D eigenvalue weighted by Gasteiger charge is 2.53. The molecule has 12 heterocycles. The van der Waals surface area contributed by atoms with Crippen LogP contribution in [0.3, 0.4) is 0 Å². The average molecular weight is 1510 g/mol. The molecule has 8 aromatic rings. The molecule has 1 amide bonds. The lowest BCUT2D eigenvalue weighted by atomic mass is 10.0. The van der Waals surface area contributed by atoms with Crippen LogP contribution in [0.1, 0.15) is 179 Å². The van der Waals surface area contributed by atoms with Crippen LogP contribution in [0.2, 0.25) is 0 Å². The second-order valence-electron chi connectivity index (χ2n) is 26.2. The van der Waals surface area contributed by atoms with Gasteiger partial charge in [-0.05, 0) is 61.8 Å². The summed E-state index contributed by atoms with van der Waals surface area (Å²) in [6, 6.07) is 0. The van der Waals surface area contributed by atoms with Gasteiger partial charge in [0.05, 0.1) is 38.0 Å². The van der Waals surface area contributed by atoms with Crippen LogP contribution in [-0.2, 0) is 29.5 Å². The normalized spacial score (nSPS) is 25.3. The molecule has 0 unspecified atom stereocenters. The summed E-state index contributed by atoms with van der Waals surface area (Å²) in [5.74, 6) is 25.6. The smallest absolute Gasteiger partial charge is 0.208 e. The van der Waals surface area contributed by atoms with E-state index in [2.05, 4.69) is 150 Å². The molecule has 16 atom stereocenters. The van der Waals surface area contributed by atoms with Crippen molar-refractivity contribution in [2.24, 2.45) is 16.6 Å². The minimum absolute atomic E-state index is 0.0662. The van der Waals surface area contributed by atoms with Gasteiger partial charge in [0.15, 0.2) is 70.3 Å². The number of ether oxygens (including phenoxy) is 4. The lowest BCUT2D eigenvalue weighted by molar-refractivity contribution is -0.123. The quantitative estimate of drug-likeness (QED) is 0.0106. The summed E-state index contributed by atoms with van der Waals surface area (Å²) in [5.41, 5.74) is 45.1. The summed E-state index contributed by atoms with van der Waals surface area (Å²) in [6.07, 6.45) is 7.39. The van der Waals surface area contributed by atoms with E-state index in [0.29, 0.717) is 56.9 Å². The van der Waals surface area contributed by atoms with Crippen LogP contribution in [0.25, 0.3) is 55.1 Å². The van der Waals surface area contributed by atoms with Crippen molar-refractivity contribution in [3.8, 4) is 47.4 Å². The van der Waals surface area contributed by atoms with E-state index in [1.807, 2.05) is 0 Å². The van der Waals surface area contributed by atoms with Crippen LogP contribution in [0.5, 0.6) is 0 Å². The van der Waals surface area contributed by atoms with Crippen molar-refractivity contribution < 1.29 is 64.6 Å². The number of azide groups is 1. The molecule has 39 nitrogen and oxygen atoms in total. The number of nitrogens with one attached hydrogen (secondary N) is 1. The molecule has 584 valence electrons. The summed E-state index contributed by atoms with van der Waals surface area (Å²) in [4.78, 5) is 64.3. The Morgan fingerprint density at radius 1 is 0.486 bits per heavy atom. The number of rotatable bonds is 23. The Bertz CT molecular complexity index is 4700. The third-order valence-electron chi connectivity index (χ3n) is 18.3. The minimum Gasteiger partial charge on any atom is -0.388 e. The fraction of sp³-hybridized carbons (Fsp3) is 0.586. The number of hydrogen-bond acceptors (Lipinski definition) is 32. The molecule has 4 fully saturated rings. The van der Waals surface area contributed by atoms with Crippen molar-refractivity contribution in [1.29, 1.82) is 0 Å². The van der Waals surface area contributed by atoms with Gasteiger partial charge in [-0.3, -0.25) is 23.1 Å². The van der Waals surface area contributed by atoms with E-state index in [1.54, 1.807) is 6.92 Å². The molecule has 4 saturated heterocycles. The van der Waals surface area contributed by atoms with Gasteiger partial charge in [0, 0.05) is 50.2 Å². The zero-order valence-corrected chi connectivity index (χ0v) is 61.3. The number of carbonyl (C=O) groups is 1. The Hall–Kier alpha value is -10.1. The Kier molecular flexibility index (Phi) is 29.9. The lowest BCUT2D eigenvalue weighted by Crippen LogP contribution is -2.43. The van der Waals surface area contributed by atoms with Crippen LogP contribution < -0.4 is 39.7 Å². The molecule has 21 N–H and O–H groups in total. The molecular formula is C70H96N26O13. The van der Waals surface area contributed by atoms with E-state index in [9.17, 15) is 45.6 Å². The van der Waals surface area contributed by atoms with Gasteiger partial charge in [-0.1, -0.05) is 108 Å². The summed E-state index contributed by atoms with van der Waals surface area (Å²) in [5, 5.41) is 87.9. The first-order valence-electron chi connectivity index (χ1n) is 36.2. The summed E-state index contributed by atoms with van der Waals surface area (Å²) >= 11 is 0. The van der Waals surface area contributed by atoms with Crippen molar-refractivity contribution >= 4 is 74.3 Å². The Morgan fingerprint density at radius 3 is 1.19 bits per heavy atom. The first-order valence-corrected chi connectivity index (χ1v) is 36.2. The molecule has 0 aromatic carbocycles. The molecule has 8 aromatic heterocycles. The maximum absolute atomic E-state index is 10.6. The van der Waals surface area contributed by atoms with Crippen molar-refractivity contribution in [3.63, 3.8) is 0 Å². The van der Waals surface area contributed by atoms with E-state index in [0.717, 1.165) is 77.0 Å². The molecule has 0 radical (unpaired) electrons. The van der Waals surface area contributed by atoms with Crippen molar-refractivity contribution in [1.82, 2.24) is 83.4 Å². The first-order chi connectivity index (χ1) is 52.6. The predicted molar refractivity (Wildman–Crippen MR) is 398 cm³/mol. The number of nitrogens with zero attached hydrogens (tertiary/aromatic N) is 19. The van der Waals surface area contributed by atoms with Gasteiger partial charge >= 0.3 is 0 Å². The standard InChI is InChI=1S/C19H26N6O4.C18H26N6O3.C17H22N8O3.C16H22N6O3/c1-2-3-4-5-6-7-8-13-23-17(20)14-18(24-13)25(10-22-14)19-16(28)15(27)12(29-19)9-21-11-26;1-2-3-4-5-6-7-8-12-22-16(20)13-17(23-12)24(10-21-13)18-15(26)14(25)11(9-19)27-18;1-3-4-5-6-7-11-22-15(18)12-16(23-11)25(9-20-12)17(2)14(27)13(26)10(28-17)8-21-24-19;1-2-3-4-5-6-10-20-14(18)11-15(21-10)22(8-19-11)16-13(24)12(23)9(7-17)25-16/h10-12,15-16,19,27-28H,2-6,9H2,1H3,(H,21,26)(H2,20,23,24);10-11,14-15,18,25-26H,2-6,9,19H2,1H3,(H2,20,22,23);9-10,13-14,26-27H,3-5,8H2,1-2H3,(H2,18,22,23);8-9,12-13,16,23-24H,2-4,7,17H2,1H3,(H2,18,20,21)/t12-,15-,16-,19-;11-,14-,15-,18-;10-,13-,14-,17-;9-,12-,13-,16-/m1111/s1. The third kappa shape index (κ3) is 19.5. The number of hydrogen-bond donors (Lipinski definition) is 15. The number of aromatic nitrogens is 16. The molecule has 0 aliphatic carbocycles. The zero-order chi connectivity index (χ0) is 78.5. The minimum atomic E-state index is -1.39. The molecule has 0 saturated carbocycles. The molecule has 0 spiro atoms. The van der Waals surface area contributed by atoms with E-state index >= 15 is 0 Å². The van der Waals surface area contributed by atoms with Gasteiger partial charge in [-0.2, -0.15) is 0 Å². The number of unbranched alkanes of at least 4 members (excludes halogenated alkanes) is 12. The van der Waals surface area contributed by atoms with Crippen LogP contribution in [0.15, 0.2) is 30.4 Å². The van der Waals surface area contributed by atoms with Gasteiger partial charge in [-0.15, -0.1) is 0 Å². The number of aliphatic hydroxyl groups is 8. The van der Waals surface area contributed by atoms with Crippen LogP contribution in [-0.4, -0.2) is 225 Å². The number of nitrogen functional groups attached to an aromatic ring is 4. The van der Waals surface area contributed by atoms with Crippen molar-refractivity contribution in [3.05, 3.63) is 59.0 Å². The van der Waals surface area contributed by atoms with Gasteiger partial charge in [0.25, 0.3) is 0 Å². The highest BCUT2D eigenvalue weighted by Crippen LogP contribution is 2.39. The second kappa shape index (κ2) is 39.3. The molecule has 0 bridgehead atoms. The second-order valence-corrected chi connectivity index (χ2v) is 26.2. The van der Waals surface area contributed by atoms with Crippen LogP contribution in [0, 0.1) is 47.4 Å². The number of imidazole rings is 4. The number of anilines is 4. The molecule has 12 rings (SSSR count). The maximum Gasteiger partial charge on any atom is 0.208 e. The Morgan fingerprint density at radius 2 is 0.835 bits per heavy atom. The molecular weight excluding hydrogens is 1410 g/mol. The molecule has 4 aliphatic heterocycles. The lowest BCUT2D eigenvalue weighted by Gasteiger charge is -2.29. The number of fused-ring (bicyclic) bond motifs is 4. The van der Waals surface area contributed by atoms with E-state index in [1.165, 1.54) is 69.3 Å². The van der Waals surface area contributed by atoms with Gasteiger partial charge < -0.3 is 99.5 Å². The van der Waals surface area contributed by atoms with E-state index in [4.69, 9.17) is 58.9 Å². The number of carbonyl (C=O) groups excluding carboxylic acids is 1. The highest BCUT2D eigenvalue weighted by molar-refractivity contribution is 5.84. The summed E-state index contributed by atoms with van der Waals surface area (Å²) in [6.45, 7) is 10.2. The summed E-state index contributed by atoms with van der Waals surface area (Å²) < 4.78 is 28.9. The maximum atomic E-state index is 10.6. The fourth-order valence-electron chi connectivity index (χ4n) is 12.2. The SMILES string of the molecule is CCCCC#Cc1nc(N)c2ncn([C@@H]3O[C@H](CN)[C@@H](O)[C@H]3O)c2n1.CCCCC#Cc1nc(N)c2ncn([C@]3(C)O[C@H](CN=[N+]=[N-])[C@@H](O)[C@H]3O)c2n1.CCCCCCC#Cc1nc(N)c2ncn([C@@H]3O[C@H](CN)[C@@H](O)[C@H]3O)c2n1.CCCCCCC#Cc1nc(N)c2ncn([C@@H]3O[C@H](CNC=O)[C@@H](O)[C@H]3O)c2n1. The zero-order valence-electron chi connectivity index (χ0n) is 61.3. The van der Waals surface area contributed by atoms with Gasteiger partial charge in [-0.25, -0.2) is 59.8 Å². The average Bonchev–Trinajstić information content (AvgIpc) is 1.71. The van der Waals surface area contributed by atoms with Crippen LogP contribution >= 0.6 is 0 Å². The third-order valence-corrected chi connectivity index (χ3v) is 18.3. The topological polar surface area (TPSA) is 607 Å². The van der Waals surface area contributed by atoms with Crippen molar-refractivity contribution in [2.75, 3.05) is 49.1 Å². The van der Waals surface area contributed by atoms with Gasteiger partial charge in [0.1, 0.15) is 89.2 Å². The van der Waals surface area contributed by atoms with E-state index < -0.39 is 97.7 Å². The monoisotopic (exact) mass is 1510 g/mol. The largest absolute Gasteiger partial charge is 0.388 e. The summed E-state index contributed by atoms with van der Waals surface area (Å²) in [7, 11) is 0. The fourth-order valence-corrected chi connectivity index (χ4v) is 12.2. The molecule has 39 heteroatoms. The number of aliphatic hydroxyl groups excluding tert-OH is 8. The van der Waals surface area contributed by atoms with Gasteiger partial charge in [0.2, 0.25) is 29.7 Å². The first kappa shape index (κ1) is 82.9. The molecule has 109 heavy (non-hydrogen) atoms. The van der Waals surface area contributed by atoms with E-state index in [-0.39, 0.29) is 66.9 Å². The molecule has 4 aliphatic rings. The number of nitrogens with two attached hydrogens (primary N) is 6. The Balaban J connectivity index is 0.000000168. The predicted octanol–water partition coefficient (Wildman–Crippen LogP) is 0.986. The van der Waals surface area contributed by atoms with Crippen molar-refractivity contribution in [2.45, 2.75) is 235 Å². The number of amides is 1. The van der Waals surface area contributed by atoms with Crippen LogP contribution in [0.4, 0.5) is 23.3 Å².